The largest absolute Gasteiger partial charge is 0.394 e. The van der Waals surface area contributed by atoms with Crippen LogP contribution in [0.15, 0.2) is 35.2 Å². The average Bonchev–Trinajstić information content (AvgIpc) is 2.56. The van der Waals surface area contributed by atoms with Crippen molar-refractivity contribution in [3.05, 3.63) is 30.3 Å². The first-order chi connectivity index (χ1) is 10.2. The molecule has 2 unspecified atom stereocenters. The first kappa shape index (κ1) is 16.7. The van der Waals surface area contributed by atoms with Gasteiger partial charge in [-0.15, -0.1) is 0 Å². The fraction of sp³-hybridized carbons (Fsp3) is 0.647. The molecule has 1 aromatic rings. The molecule has 1 aliphatic carbocycles. The fourth-order valence-corrected chi connectivity index (χ4v) is 4.17. The normalized spacial score (nSPS) is 20.9. The van der Waals surface area contributed by atoms with Crippen LogP contribution in [0.3, 0.4) is 0 Å². The molecule has 3 nitrogen and oxygen atoms in total. The van der Waals surface area contributed by atoms with E-state index in [1.165, 1.54) is 32.1 Å². The molecule has 1 aliphatic rings. The van der Waals surface area contributed by atoms with E-state index in [-0.39, 0.29) is 12.1 Å². The lowest BCUT2D eigenvalue weighted by molar-refractivity contribution is 0.0972. The van der Waals surface area contributed by atoms with Crippen molar-refractivity contribution in [1.29, 1.82) is 0 Å². The van der Waals surface area contributed by atoms with Gasteiger partial charge in [0.1, 0.15) is 0 Å². The maximum atomic E-state index is 12.2. The van der Waals surface area contributed by atoms with E-state index in [1.807, 2.05) is 30.3 Å². The van der Waals surface area contributed by atoms with Crippen LogP contribution in [-0.4, -0.2) is 33.8 Å². The molecule has 21 heavy (non-hydrogen) atoms. The second-order valence-electron chi connectivity index (χ2n) is 6.20. The molecule has 0 aromatic heterocycles. The van der Waals surface area contributed by atoms with Crippen molar-refractivity contribution in [2.24, 2.45) is 5.92 Å². The molecule has 1 saturated carbocycles. The highest BCUT2D eigenvalue weighted by atomic mass is 32.2. The van der Waals surface area contributed by atoms with Crippen molar-refractivity contribution in [1.82, 2.24) is 5.32 Å². The van der Waals surface area contributed by atoms with Gasteiger partial charge in [-0.3, -0.25) is 4.21 Å². The molecule has 0 saturated heterocycles. The summed E-state index contributed by atoms with van der Waals surface area (Å²) < 4.78 is 12.2. The second-order valence-corrected chi connectivity index (χ2v) is 7.77. The van der Waals surface area contributed by atoms with E-state index in [1.54, 1.807) is 0 Å². The lowest BCUT2D eigenvalue weighted by Gasteiger charge is -2.39. The number of nitrogens with one attached hydrogen (secondary N) is 1. The monoisotopic (exact) mass is 309 g/mol. The molecule has 0 aliphatic heterocycles. The summed E-state index contributed by atoms with van der Waals surface area (Å²) in [6, 6.07) is 9.58. The molecule has 4 heteroatoms. The van der Waals surface area contributed by atoms with Crippen LogP contribution in [-0.2, 0) is 10.8 Å². The summed E-state index contributed by atoms with van der Waals surface area (Å²) >= 11 is 0. The third kappa shape index (κ3) is 4.63. The topological polar surface area (TPSA) is 49.3 Å². The molecule has 0 amide bonds. The quantitative estimate of drug-likeness (QED) is 0.814. The van der Waals surface area contributed by atoms with Crippen molar-refractivity contribution in [3.63, 3.8) is 0 Å². The van der Waals surface area contributed by atoms with Gasteiger partial charge in [-0.1, -0.05) is 37.5 Å². The standard InChI is InChI=1S/C17H27NO2S/c1-17(14-19,15-8-4-2-5-9-15)18-12-13-21(20)16-10-6-3-7-11-16/h3,6-7,10-11,15,18-19H,2,4-5,8-9,12-14H2,1H3. The van der Waals surface area contributed by atoms with E-state index < -0.39 is 10.8 Å². The molecule has 0 bridgehead atoms. The van der Waals surface area contributed by atoms with Gasteiger partial charge in [-0.2, -0.15) is 0 Å². The zero-order chi connectivity index (χ0) is 15.1. The molecule has 2 rings (SSSR count). The zero-order valence-corrected chi connectivity index (χ0v) is 13.7. The fourth-order valence-electron chi connectivity index (χ4n) is 3.19. The second kappa shape index (κ2) is 8.06. The van der Waals surface area contributed by atoms with Gasteiger partial charge in [0.2, 0.25) is 0 Å². The minimum Gasteiger partial charge on any atom is -0.394 e. The van der Waals surface area contributed by atoms with E-state index >= 15 is 0 Å². The smallest absolute Gasteiger partial charge is 0.0613 e. The molecule has 0 heterocycles. The molecular formula is C17H27NO2S. The molecule has 2 atom stereocenters. The zero-order valence-electron chi connectivity index (χ0n) is 12.9. The van der Waals surface area contributed by atoms with Crippen LogP contribution in [0.4, 0.5) is 0 Å². The Kier molecular flexibility index (Phi) is 6.40. The van der Waals surface area contributed by atoms with Gasteiger partial charge < -0.3 is 10.4 Å². The minimum absolute atomic E-state index is 0.148. The van der Waals surface area contributed by atoms with Crippen molar-refractivity contribution < 1.29 is 9.32 Å². The predicted molar refractivity (Wildman–Crippen MR) is 87.8 cm³/mol. The predicted octanol–water partition coefficient (Wildman–Crippen LogP) is 2.72. The average molecular weight is 309 g/mol. The maximum absolute atomic E-state index is 12.2. The highest BCUT2D eigenvalue weighted by Gasteiger charge is 2.33. The van der Waals surface area contributed by atoms with Gasteiger partial charge in [-0.05, 0) is 37.8 Å². The summed E-state index contributed by atoms with van der Waals surface area (Å²) in [6.07, 6.45) is 6.21. The maximum Gasteiger partial charge on any atom is 0.0613 e. The molecule has 2 N–H and O–H groups in total. The van der Waals surface area contributed by atoms with Gasteiger partial charge in [0, 0.05) is 22.7 Å². The molecule has 0 radical (unpaired) electrons. The van der Waals surface area contributed by atoms with Crippen LogP contribution in [0, 0.1) is 5.92 Å². The summed E-state index contributed by atoms with van der Waals surface area (Å²) in [5.74, 6) is 1.12. The van der Waals surface area contributed by atoms with Gasteiger partial charge >= 0.3 is 0 Å². The summed E-state index contributed by atoms with van der Waals surface area (Å²) in [5.41, 5.74) is -0.235. The van der Waals surface area contributed by atoms with Crippen LogP contribution in [0.5, 0.6) is 0 Å². The summed E-state index contributed by atoms with van der Waals surface area (Å²) in [7, 11) is -0.969. The number of aliphatic hydroxyl groups is 1. The molecular weight excluding hydrogens is 282 g/mol. The number of hydrogen-bond donors (Lipinski definition) is 2. The van der Waals surface area contributed by atoms with E-state index in [9.17, 15) is 9.32 Å². The first-order valence-electron chi connectivity index (χ1n) is 7.95. The van der Waals surface area contributed by atoms with E-state index in [0.717, 1.165) is 4.90 Å². The Morgan fingerprint density at radius 2 is 1.90 bits per heavy atom. The Hall–Kier alpha value is -0.710. The Bertz CT molecular complexity index is 445. The summed E-state index contributed by atoms with van der Waals surface area (Å²) in [6.45, 7) is 2.93. The Balaban J connectivity index is 1.84. The van der Waals surface area contributed by atoms with Crippen LogP contribution >= 0.6 is 0 Å². The van der Waals surface area contributed by atoms with Gasteiger partial charge in [0.25, 0.3) is 0 Å². The van der Waals surface area contributed by atoms with Crippen LogP contribution < -0.4 is 5.32 Å². The lowest BCUT2D eigenvalue weighted by Crippen LogP contribution is -2.53. The highest BCUT2D eigenvalue weighted by Crippen LogP contribution is 2.32. The van der Waals surface area contributed by atoms with Crippen LogP contribution in [0.1, 0.15) is 39.0 Å². The molecule has 1 fully saturated rings. The number of hydrogen-bond acceptors (Lipinski definition) is 3. The Morgan fingerprint density at radius 3 is 2.52 bits per heavy atom. The number of benzene rings is 1. The number of rotatable bonds is 7. The van der Waals surface area contributed by atoms with E-state index in [2.05, 4.69) is 12.2 Å². The third-order valence-electron chi connectivity index (χ3n) is 4.66. The third-order valence-corrected chi connectivity index (χ3v) is 6.03. The van der Waals surface area contributed by atoms with Gasteiger partial charge in [0.05, 0.1) is 17.4 Å². The first-order valence-corrected chi connectivity index (χ1v) is 9.27. The molecule has 1 aromatic carbocycles. The van der Waals surface area contributed by atoms with Crippen molar-refractivity contribution in [3.8, 4) is 0 Å². The lowest BCUT2D eigenvalue weighted by atomic mass is 9.76. The van der Waals surface area contributed by atoms with Crippen LogP contribution in [0.25, 0.3) is 0 Å². The van der Waals surface area contributed by atoms with Crippen molar-refractivity contribution in [2.75, 3.05) is 18.9 Å². The minimum atomic E-state index is -0.969. The number of aliphatic hydroxyl groups excluding tert-OH is 1. The molecule has 0 spiro atoms. The van der Waals surface area contributed by atoms with Crippen molar-refractivity contribution >= 4 is 10.8 Å². The highest BCUT2D eigenvalue weighted by molar-refractivity contribution is 7.85. The Morgan fingerprint density at radius 1 is 1.24 bits per heavy atom. The summed E-state index contributed by atoms with van der Waals surface area (Å²) in [4.78, 5) is 0.877. The summed E-state index contributed by atoms with van der Waals surface area (Å²) in [5, 5.41) is 13.3. The van der Waals surface area contributed by atoms with Crippen LogP contribution in [0.2, 0.25) is 0 Å². The molecule has 118 valence electrons. The van der Waals surface area contributed by atoms with Gasteiger partial charge in [0.15, 0.2) is 0 Å². The van der Waals surface area contributed by atoms with Crippen molar-refractivity contribution in [2.45, 2.75) is 49.5 Å². The van der Waals surface area contributed by atoms with E-state index in [4.69, 9.17) is 0 Å². The Labute approximate surface area is 130 Å². The van der Waals surface area contributed by atoms with E-state index in [0.29, 0.717) is 18.2 Å². The van der Waals surface area contributed by atoms with Gasteiger partial charge in [-0.25, -0.2) is 0 Å². The SMILES string of the molecule is CC(CO)(NCCS(=O)c1ccccc1)C1CCCCC1.